The monoisotopic (exact) mass is 240 g/mol. The molecule has 3 aliphatic carbocycles. The first-order chi connectivity index (χ1) is 8.80. The van der Waals surface area contributed by atoms with Gasteiger partial charge in [-0.2, -0.15) is 0 Å². The molecule has 1 aromatic carbocycles. The number of fused-ring (bicyclic) bond motifs is 5. The van der Waals surface area contributed by atoms with E-state index in [4.69, 9.17) is 0 Å². The van der Waals surface area contributed by atoms with E-state index in [0.29, 0.717) is 5.92 Å². The van der Waals surface area contributed by atoms with Crippen molar-refractivity contribution in [1.29, 1.82) is 0 Å². The Kier molecular flexibility index (Phi) is 1.31. The Bertz CT molecular complexity index is 657. The van der Waals surface area contributed by atoms with Crippen LogP contribution in [0.4, 0.5) is 4.39 Å². The summed E-state index contributed by atoms with van der Waals surface area (Å²) in [6.45, 7) is 0. The first kappa shape index (κ1) is 9.31. The van der Waals surface area contributed by atoms with Crippen molar-refractivity contribution in [2.45, 2.75) is 36.0 Å². The number of aromatic nitrogens is 2. The van der Waals surface area contributed by atoms with Crippen molar-refractivity contribution in [3.8, 4) is 0 Å². The largest absolute Gasteiger partial charge is 0.348 e. The van der Waals surface area contributed by atoms with Gasteiger partial charge in [-0.25, -0.2) is 9.37 Å². The lowest BCUT2D eigenvalue weighted by Crippen LogP contribution is -2.24. The molecule has 90 valence electrons. The van der Waals surface area contributed by atoms with Gasteiger partial charge in [0.15, 0.2) is 0 Å². The number of hydrogen-bond acceptors (Lipinski definition) is 1. The maximum Gasteiger partial charge on any atom is 0.127 e. The van der Waals surface area contributed by atoms with Crippen LogP contribution in [-0.2, 0) is 10.8 Å². The zero-order valence-corrected chi connectivity index (χ0v) is 9.91. The molecular formula is C15H13FN2. The van der Waals surface area contributed by atoms with Crippen LogP contribution in [0.2, 0.25) is 0 Å². The molecule has 5 rings (SSSR count). The minimum Gasteiger partial charge on any atom is -0.348 e. The fourth-order valence-corrected chi connectivity index (χ4v) is 4.58. The summed E-state index contributed by atoms with van der Waals surface area (Å²) in [5.74, 6) is 0.360. The van der Waals surface area contributed by atoms with Gasteiger partial charge in [0.1, 0.15) is 5.82 Å². The van der Waals surface area contributed by atoms with E-state index in [0.717, 1.165) is 12.0 Å². The number of benzene rings is 1. The van der Waals surface area contributed by atoms with Gasteiger partial charge in [0.05, 0.1) is 6.33 Å². The Labute approximate surface area is 104 Å². The van der Waals surface area contributed by atoms with Crippen molar-refractivity contribution in [1.82, 2.24) is 9.97 Å². The number of hydrogen-bond donors (Lipinski definition) is 1. The average Bonchev–Trinajstić information content (AvgIpc) is 3.22. The zero-order valence-electron chi connectivity index (χ0n) is 9.91. The second-order valence-corrected chi connectivity index (χ2v) is 5.98. The topological polar surface area (TPSA) is 28.7 Å². The first-order valence-electron chi connectivity index (χ1n) is 6.57. The van der Waals surface area contributed by atoms with Gasteiger partial charge in [-0.15, -0.1) is 0 Å². The lowest BCUT2D eigenvalue weighted by molar-refractivity contribution is 0.512. The fourth-order valence-electron chi connectivity index (χ4n) is 4.58. The Morgan fingerprint density at radius 1 is 1.33 bits per heavy atom. The molecule has 1 spiro atoms. The van der Waals surface area contributed by atoms with Crippen molar-refractivity contribution in [2.24, 2.45) is 0 Å². The number of halogens is 1. The van der Waals surface area contributed by atoms with Gasteiger partial charge in [-0.3, -0.25) is 0 Å². The minimum atomic E-state index is -0.0114. The van der Waals surface area contributed by atoms with Gasteiger partial charge in [0.2, 0.25) is 0 Å². The minimum absolute atomic E-state index is 0.0114. The molecule has 0 aliphatic heterocycles. The molecule has 2 saturated carbocycles. The molecule has 0 saturated heterocycles. The highest BCUT2D eigenvalue weighted by Crippen LogP contribution is 2.82. The van der Waals surface area contributed by atoms with E-state index >= 15 is 0 Å². The quantitative estimate of drug-likeness (QED) is 0.815. The predicted octanol–water partition coefficient (Wildman–Crippen LogP) is 3.02. The fraction of sp³-hybridized carbons (Fsp3) is 0.400. The number of nitrogens with one attached hydrogen (secondary N) is 1. The lowest BCUT2D eigenvalue weighted by Gasteiger charge is -2.22. The molecule has 0 radical (unpaired) electrons. The molecule has 3 heteroatoms. The third-order valence-electron chi connectivity index (χ3n) is 5.46. The van der Waals surface area contributed by atoms with E-state index in [1.54, 1.807) is 12.4 Å². The Morgan fingerprint density at radius 3 is 2.94 bits per heavy atom. The second-order valence-electron chi connectivity index (χ2n) is 5.98. The molecular weight excluding hydrogens is 227 g/mol. The number of nitrogens with zero attached hydrogens (tertiary/aromatic N) is 1. The molecule has 0 amide bonds. The van der Waals surface area contributed by atoms with E-state index in [1.165, 1.54) is 24.1 Å². The standard InChI is InChI=1S/C15H13FN2/c16-11-3-1-2-9-13(11)10-6-15(10,14(9)4-5-14)12-7-17-8-18-12/h1-3,7-8,10H,4-6H2,(H,17,18). The van der Waals surface area contributed by atoms with Crippen molar-refractivity contribution in [2.75, 3.05) is 0 Å². The highest BCUT2D eigenvalue weighted by molar-refractivity contribution is 5.63. The zero-order chi connectivity index (χ0) is 12.0. The predicted molar refractivity (Wildman–Crippen MR) is 64.9 cm³/mol. The van der Waals surface area contributed by atoms with Gasteiger partial charge in [-0.05, 0) is 36.5 Å². The molecule has 2 fully saturated rings. The van der Waals surface area contributed by atoms with Crippen molar-refractivity contribution in [3.05, 3.63) is 53.4 Å². The summed E-state index contributed by atoms with van der Waals surface area (Å²) < 4.78 is 14.1. The summed E-state index contributed by atoms with van der Waals surface area (Å²) in [6.07, 6.45) is 7.15. The molecule has 3 aliphatic rings. The Hall–Kier alpha value is -1.64. The smallest absolute Gasteiger partial charge is 0.127 e. The van der Waals surface area contributed by atoms with Crippen LogP contribution in [0.3, 0.4) is 0 Å². The van der Waals surface area contributed by atoms with Gasteiger partial charge < -0.3 is 4.98 Å². The van der Waals surface area contributed by atoms with Crippen LogP contribution in [0, 0.1) is 5.82 Å². The summed E-state index contributed by atoms with van der Waals surface area (Å²) in [4.78, 5) is 7.45. The summed E-state index contributed by atoms with van der Waals surface area (Å²) in [7, 11) is 0. The summed E-state index contributed by atoms with van der Waals surface area (Å²) in [5, 5.41) is 0. The highest BCUT2D eigenvalue weighted by atomic mass is 19.1. The lowest BCUT2D eigenvalue weighted by atomic mass is 9.81. The molecule has 2 aromatic rings. The number of aromatic amines is 1. The first-order valence-corrected chi connectivity index (χ1v) is 6.57. The van der Waals surface area contributed by atoms with Crippen molar-refractivity contribution >= 4 is 0 Å². The van der Waals surface area contributed by atoms with E-state index in [2.05, 4.69) is 16.0 Å². The van der Waals surface area contributed by atoms with Gasteiger partial charge in [0, 0.05) is 28.6 Å². The summed E-state index contributed by atoms with van der Waals surface area (Å²) in [5.41, 5.74) is 3.81. The SMILES string of the molecule is Fc1cccc2c1C1CC1(c1cnc[nH]1)C21CC1. The van der Waals surface area contributed by atoms with Crippen LogP contribution >= 0.6 is 0 Å². The molecule has 1 N–H and O–H groups in total. The van der Waals surface area contributed by atoms with Crippen LogP contribution in [0.5, 0.6) is 0 Å². The molecule has 2 unspecified atom stereocenters. The van der Waals surface area contributed by atoms with Crippen LogP contribution in [-0.4, -0.2) is 9.97 Å². The van der Waals surface area contributed by atoms with E-state index in [9.17, 15) is 4.39 Å². The van der Waals surface area contributed by atoms with Crippen molar-refractivity contribution in [3.63, 3.8) is 0 Å². The Balaban J connectivity index is 1.80. The average molecular weight is 240 g/mol. The van der Waals surface area contributed by atoms with E-state index in [1.807, 2.05) is 12.3 Å². The van der Waals surface area contributed by atoms with E-state index < -0.39 is 0 Å². The molecule has 0 bridgehead atoms. The van der Waals surface area contributed by atoms with Crippen LogP contribution in [0.15, 0.2) is 30.7 Å². The molecule has 2 nitrogen and oxygen atoms in total. The number of rotatable bonds is 1. The van der Waals surface area contributed by atoms with Crippen LogP contribution in [0.25, 0.3) is 0 Å². The highest BCUT2D eigenvalue weighted by Gasteiger charge is 2.78. The number of H-pyrrole nitrogens is 1. The van der Waals surface area contributed by atoms with Crippen LogP contribution < -0.4 is 0 Å². The van der Waals surface area contributed by atoms with Crippen LogP contribution in [0.1, 0.15) is 42.0 Å². The Morgan fingerprint density at radius 2 is 2.22 bits per heavy atom. The third-order valence-corrected chi connectivity index (χ3v) is 5.46. The van der Waals surface area contributed by atoms with Gasteiger partial charge in [-0.1, -0.05) is 12.1 Å². The number of imidazole rings is 1. The normalized spacial score (nSPS) is 33.3. The summed E-state index contributed by atoms with van der Waals surface area (Å²) in [6, 6.07) is 5.60. The summed E-state index contributed by atoms with van der Waals surface area (Å²) >= 11 is 0. The third kappa shape index (κ3) is 0.753. The maximum absolute atomic E-state index is 14.1. The molecule has 1 aromatic heterocycles. The molecule has 1 heterocycles. The van der Waals surface area contributed by atoms with Crippen molar-refractivity contribution < 1.29 is 4.39 Å². The van der Waals surface area contributed by atoms with Gasteiger partial charge in [0.25, 0.3) is 0 Å². The van der Waals surface area contributed by atoms with E-state index in [-0.39, 0.29) is 16.6 Å². The molecule has 18 heavy (non-hydrogen) atoms. The molecule has 2 atom stereocenters. The maximum atomic E-state index is 14.1. The second kappa shape index (κ2) is 2.53. The van der Waals surface area contributed by atoms with Gasteiger partial charge >= 0.3 is 0 Å².